The number of hydrogen-bond donors (Lipinski definition) is 0. The molecule has 0 saturated carbocycles. The lowest BCUT2D eigenvalue weighted by Gasteiger charge is -2.10. The largest absolute Gasteiger partial charge is 0.493 e. The van der Waals surface area contributed by atoms with Crippen LogP contribution in [0.25, 0.3) is 22.4 Å². The van der Waals surface area contributed by atoms with E-state index in [1.54, 1.807) is 25.6 Å². The van der Waals surface area contributed by atoms with Gasteiger partial charge in [0.15, 0.2) is 18.3 Å². The predicted octanol–water partition coefficient (Wildman–Crippen LogP) is 5.22. The number of nitrogens with zero attached hydrogens (tertiary/aromatic N) is 1. The Bertz CT molecular complexity index is 876. The maximum Gasteiger partial charge on any atom is 0.188 e. The van der Waals surface area contributed by atoms with Gasteiger partial charge >= 0.3 is 0 Å². The molecule has 1 aromatic heterocycles. The highest BCUT2D eigenvalue weighted by Gasteiger charge is 2.05. The molecule has 0 spiro atoms. The van der Waals surface area contributed by atoms with Crippen molar-refractivity contribution < 1.29 is 14.2 Å². The van der Waals surface area contributed by atoms with Crippen LogP contribution < -0.4 is 9.47 Å². The van der Waals surface area contributed by atoms with Gasteiger partial charge in [-0.1, -0.05) is 28.1 Å². The van der Waals surface area contributed by atoms with E-state index in [9.17, 15) is 0 Å². The molecular weight excluding hydrogens is 390 g/mol. The van der Waals surface area contributed by atoms with Crippen LogP contribution in [0.3, 0.4) is 0 Å². The molecule has 24 heavy (non-hydrogen) atoms. The smallest absolute Gasteiger partial charge is 0.188 e. The molecule has 3 rings (SSSR count). The zero-order chi connectivity index (χ0) is 16.9. The standard InChI is InChI=1S/C18H16BrNO3S/c1-21-11-23-15-7-3-12(9-16(15)22-2)4-8-18-20-14-6-5-13(19)10-17(14)24-18/h3-10H,11H2,1-2H3/b8-4+. The van der Waals surface area contributed by atoms with E-state index in [0.29, 0.717) is 11.5 Å². The van der Waals surface area contributed by atoms with Gasteiger partial charge < -0.3 is 14.2 Å². The van der Waals surface area contributed by atoms with Crippen LogP contribution in [0.5, 0.6) is 11.5 Å². The lowest BCUT2D eigenvalue weighted by Crippen LogP contribution is -2.00. The number of methoxy groups -OCH3 is 2. The summed E-state index contributed by atoms with van der Waals surface area (Å²) in [5, 5.41) is 0.960. The Morgan fingerprint density at radius 2 is 1.96 bits per heavy atom. The Hall–Kier alpha value is -1.89. The number of hydrogen-bond acceptors (Lipinski definition) is 5. The summed E-state index contributed by atoms with van der Waals surface area (Å²) < 4.78 is 18.0. The van der Waals surface area contributed by atoms with Crippen LogP contribution >= 0.6 is 27.3 Å². The van der Waals surface area contributed by atoms with Gasteiger partial charge in [-0.2, -0.15) is 0 Å². The van der Waals surface area contributed by atoms with Crippen LogP contribution in [0, 0.1) is 0 Å². The Morgan fingerprint density at radius 3 is 2.75 bits per heavy atom. The monoisotopic (exact) mass is 405 g/mol. The lowest BCUT2D eigenvalue weighted by molar-refractivity contribution is 0.0491. The molecule has 2 aromatic carbocycles. The molecule has 0 aliphatic heterocycles. The number of rotatable bonds is 6. The van der Waals surface area contributed by atoms with Crippen molar-refractivity contribution in [1.29, 1.82) is 0 Å². The average Bonchev–Trinajstić information content (AvgIpc) is 3.00. The van der Waals surface area contributed by atoms with Crippen LogP contribution in [-0.4, -0.2) is 26.0 Å². The third-order valence-electron chi connectivity index (χ3n) is 3.31. The summed E-state index contributed by atoms with van der Waals surface area (Å²) in [6.45, 7) is 0.187. The van der Waals surface area contributed by atoms with Crippen molar-refractivity contribution in [2.45, 2.75) is 0 Å². The maximum absolute atomic E-state index is 5.46. The minimum absolute atomic E-state index is 0.187. The van der Waals surface area contributed by atoms with Gasteiger partial charge in [0.1, 0.15) is 5.01 Å². The first-order chi connectivity index (χ1) is 11.7. The molecule has 0 unspecified atom stereocenters. The molecule has 124 valence electrons. The minimum atomic E-state index is 0.187. The normalized spacial score (nSPS) is 11.3. The second-order valence-electron chi connectivity index (χ2n) is 4.96. The quantitative estimate of drug-likeness (QED) is 0.527. The van der Waals surface area contributed by atoms with Crippen molar-refractivity contribution in [2.24, 2.45) is 0 Å². The van der Waals surface area contributed by atoms with Crippen LogP contribution in [0.15, 0.2) is 40.9 Å². The zero-order valence-corrected chi connectivity index (χ0v) is 15.7. The summed E-state index contributed by atoms with van der Waals surface area (Å²) in [7, 11) is 3.20. The highest BCUT2D eigenvalue weighted by Crippen LogP contribution is 2.30. The van der Waals surface area contributed by atoms with E-state index in [4.69, 9.17) is 14.2 Å². The third-order valence-corrected chi connectivity index (χ3v) is 4.78. The number of thiazole rings is 1. The Morgan fingerprint density at radius 1 is 1.08 bits per heavy atom. The number of aromatic nitrogens is 1. The van der Waals surface area contributed by atoms with Crippen molar-refractivity contribution >= 4 is 49.6 Å². The first kappa shape index (κ1) is 17.0. The fourth-order valence-corrected chi connectivity index (χ4v) is 3.61. The number of fused-ring (bicyclic) bond motifs is 1. The fourth-order valence-electron chi connectivity index (χ4n) is 2.18. The number of ether oxygens (including phenoxy) is 3. The molecule has 0 atom stereocenters. The second kappa shape index (κ2) is 7.79. The summed E-state index contributed by atoms with van der Waals surface area (Å²) in [5.41, 5.74) is 2.01. The molecule has 1 heterocycles. The van der Waals surface area contributed by atoms with Crippen molar-refractivity contribution in [3.63, 3.8) is 0 Å². The van der Waals surface area contributed by atoms with E-state index >= 15 is 0 Å². The maximum atomic E-state index is 5.46. The number of benzene rings is 2. The molecule has 0 aliphatic rings. The summed E-state index contributed by atoms with van der Waals surface area (Å²) in [6, 6.07) is 11.8. The molecule has 0 bridgehead atoms. The predicted molar refractivity (Wildman–Crippen MR) is 102 cm³/mol. The SMILES string of the molecule is COCOc1ccc(/C=C/c2nc3ccc(Br)cc3s2)cc1OC. The zero-order valence-electron chi connectivity index (χ0n) is 13.3. The van der Waals surface area contributed by atoms with E-state index in [-0.39, 0.29) is 6.79 Å². The molecule has 6 heteroatoms. The molecule has 0 radical (unpaired) electrons. The highest BCUT2D eigenvalue weighted by molar-refractivity contribution is 9.10. The first-order valence-corrected chi connectivity index (χ1v) is 8.84. The molecular formula is C18H16BrNO3S. The van der Waals surface area contributed by atoms with Gasteiger partial charge in [0.25, 0.3) is 0 Å². The van der Waals surface area contributed by atoms with Gasteiger partial charge in [-0.25, -0.2) is 4.98 Å². The topological polar surface area (TPSA) is 40.6 Å². The first-order valence-electron chi connectivity index (χ1n) is 7.23. The van der Waals surface area contributed by atoms with Gasteiger partial charge in [0, 0.05) is 11.6 Å². The van der Waals surface area contributed by atoms with Gasteiger partial charge in [0.05, 0.1) is 17.3 Å². The second-order valence-corrected chi connectivity index (χ2v) is 6.94. The number of halogens is 1. The highest BCUT2D eigenvalue weighted by atomic mass is 79.9. The van der Waals surface area contributed by atoms with E-state index < -0.39 is 0 Å². The van der Waals surface area contributed by atoms with Crippen LogP contribution in [-0.2, 0) is 4.74 Å². The van der Waals surface area contributed by atoms with E-state index in [2.05, 4.69) is 27.0 Å². The van der Waals surface area contributed by atoms with Crippen molar-refractivity contribution in [3.8, 4) is 11.5 Å². The summed E-state index contributed by atoms with van der Waals surface area (Å²) >= 11 is 5.14. The fraction of sp³-hybridized carbons (Fsp3) is 0.167. The molecule has 3 aromatic rings. The summed E-state index contributed by atoms with van der Waals surface area (Å²) in [4.78, 5) is 4.61. The van der Waals surface area contributed by atoms with E-state index in [1.807, 2.05) is 42.5 Å². The van der Waals surface area contributed by atoms with E-state index in [1.165, 1.54) is 0 Å². The summed E-state index contributed by atoms with van der Waals surface area (Å²) in [5.74, 6) is 1.32. The van der Waals surface area contributed by atoms with Crippen molar-refractivity contribution in [3.05, 3.63) is 51.4 Å². The van der Waals surface area contributed by atoms with Gasteiger partial charge in [-0.05, 0) is 42.0 Å². The molecule has 0 saturated heterocycles. The summed E-state index contributed by atoms with van der Waals surface area (Å²) in [6.07, 6.45) is 4.01. The molecule has 4 nitrogen and oxygen atoms in total. The molecule has 0 N–H and O–H groups in total. The van der Waals surface area contributed by atoms with Crippen LogP contribution in [0.4, 0.5) is 0 Å². The Kier molecular flexibility index (Phi) is 5.50. The lowest BCUT2D eigenvalue weighted by atomic mass is 10.2. The molecule has 0 fully saturated rings. The Labute approximate surface area is 152 Å². The van der Waals surface area contributed by atoms with Gasteiger partial charge in [-0.15, -0.1) is 11.3 Å². The van der Waals surface area contributed by atoms with Gasteiger partial charge in [0.2, 0.25) is 0 Å². The molecule has 0 aliphatic carbocycles. The molecule has 0 amide bonds. The van der Waals surface area contributed by atoms with Crippen molar-refractivity contribution in [2.75, 3.05) is 21.0 Å². The van der Waals surface area contributed by atoms with E-state index in [0.717, 1.165) is 25.3 Å². The van der Waals surface area contributed by atoms with Crippen molar-refractivity contribution in [1.82, 2.24) is 4.98 Å². The third kappa shape index (κ3) is 3.95. The van der Waals surface area contributed by atoms with Gasteiger partial charge in [-0.3, -0.25) is 0 Å². The minimum Gasteiger partial charge on any atom is -0.493 e. The Balaban J connectivity index is 1.82. The average molecular weight is 406 g/mol. The van der Waals surface area contributed by atoms with Crippen LogP contribution in [0.2, 0.25) is 0 Å². The van der Waals surface area contributed by atoms with Crippen LogP contribution in [0.1, 0.15) is 10.6 Å².